The van der Waals surface area contributed by atoms with Crippen LogP contribution in [-0.2, 0) is 25.7 Å². The van der Waals surface area contributed by atoms with E-state index in [1.807, 2.05) is 6.07 Å². The topological polar surface area (TPSA) is 21.3 Å². The van der Waals surface area contributed by atoms with Crippen molar-refractivity contribution in [1.29, 1.82) is 0 Å². The molecule has 0 fully saturated rings. The third kappa shape index (κ3) is 3.42. The molecular formula is C17H16F3NO. The molecule has 2 aromatic carbocycles. The Morgan fingerprint density at radius 2 is 1.77 bits per heavy atom. The van der Waals surface area contributed by atoms with Gasteiger partial charge in [-0.2, -0.15) is 13.2 Å². The van der Waals surface area contributed by atoms with E-state index in [2.05, 4.69) is 17.4 Å². The normalized spacial score (nSPS) is 14.5. The zero-order valence-electron chi connectivity index (χ0n) is 11.9. The number of fused-ring (bicyclic) bond motifs is 1. The Bertz CT molecular complexity index is 650. The molecule has 0 saturated heterocycles. The third-order valence-corrected chi connectivity index (χ3v) is 3.74. The minimum atomic E-state index is -4.31. The van der Waals surface area contributed by atoms with Crippen LogP contribution >= 0.6 is 0 Å². The van der Waals surface area contributed by atoms with Crippen LogP contribution < -0.4 is 10.1 Å². The molecular weight excluding hydrogens is 291 g/mol. The molecule has 0 radical (unpaired) electrons. The third-order valence-electron chi connectivity index (χ3n) is 3.74. The van der Waals surface area contributed by atoms with Crippen LogP contribution in [0.4, 0.5) is 13.2 Å². The molecule has 5 heteroatoms. The fourth-order valence-electron chi connectivity index (χ4n) is 2.53. The number of alkyl halides is 3. The van der Waals surface area contributed by atoms with E-state index in [-0.39, 0.29) is 0 Å². The van der Waals surface area contributed by atoms with Gasteiger partial charge in [0.05, 0.1) is 5.56 Å². The van der Waals surface area contributed by atoms with Gasteiger partial charge < -0.3 is 10.1 Å². The van der Waals surface area contributed by atoms with E-state index in [0.717, 1.165) is 37.2 Å². The van der Waals surface area contributed by atoms with Crippen molar-refractivity contribution in [2.24, 2.45) is 0 Å². The molecule has 0 atom stereocenters. The molecule has 2 aromatic rings. The lowest BCUT2D eigenvalue weighted by Crippen LogP contribution is -2.23. The Morgan fingerprint density at radius 1 is 1.00 bits per heavy atom. The van der Waals surface area contributed by atoms with Gasteiger partial charge in [-0.3, -0.25) is 0 Å². The molecule has 22 heavy (non-hydrogen) atoms. The Labute approximate surface area is 126 Å². The van der Waals surface area contributed by atoms with Crippen molar-refractivity contribution in [1.82, 2.24) is 5.32 Å². The summed E-state index contributed by atoms with van der Waals surface area (Å²) in [7, 11) is 0. The summed E-state index contributed by atoms with van der Waals surface area (Å²) in [5.41, 5.74) is 2.97. The van der Waals surface area contributed by atoms with Crippen LogP contribution in [-0.4, -0.2) is 6.54 Å². The lowest BCUT2D eigenvalue weighted by Gasteiger charge is -2.18. The maximum absolute atomic E-state index is 12.5. The van der Waals surface area contributed by atoms with Gasteiger partial charge in [0.2, 0.25) is 0 Å². The van der Waals surface area contributed by atoms with Gasteiger partial charge in [0, 0.05) is 6.54 Å². The Hall–Kier alpha value is -2.01. The summed E-state index contributed by atoms with van der Waals surface area (Å²) in [6.45, 7) is 2.21. The van der Waals surface area contributed by atoms with Crippen molar-refractivity contribution in [2.45, 2.75) is 25.7 Å². The average molecular weight is 307 g/mol. The highest BCUT2D eigenvalue weighted by atomic mass is 19.4. The molecule has 1 aliphatic heterocycles. The number of benzene rings is 2. The van der Waals surface area contributed by atoms with E-state index in [9.17, 15) is 13.2 Å². The van der Waals surface area contributed by atoms with Crippen molar-refractivity contribution in [3.63, 3.8) is 0 Å². The van der Waals surface area contributed by atoms with E-state index in [4.69, 9.17) is 4.74 Å². The van der Waals surface area contributed by atoms with E-state index in [1.54, 1.807) is 0 Å². The van der Waals surface area contributed by atoms with E-state index < -0.39 is 11.7 Å². The summed E-state index contributed by atoms with van der Waals surface area (Å²) in [5, 5.41) is 3.31. The van der Waals surface area contributed by atoms with Crippen LogP contribution in [0.15, 0.2) is 42.5 Å². The smallest absolute Gasteiger partial charge is 0.416 e. The zero-order chi connectivity index (χ0) is 15.6. The molecule has 1 aliphatic rings. The molecule has 0 unspecified atom stereocenters. The molecule has 3 rings (SSSR count). The number of ether oxygens (including phenoxy) is 1. The van der Waals surface area contributed by atoms with E-state index >= 15 is 0 Å². The first-order valence-electron chi connectivity index (χ1n) is 7.14. The van der Waals surface area contributed by atoms with Crippen molar-refractivity contribution in [3.05, 3.63) is 64.7 Å². The summed E-state index contributed by atoms with van der Waals surface area (Å²) in [5.74, 6) is 0.437. The highest BCUT2D eigenvalue weighted by molar-refractivity contribution is 5.34. The van der Waals surface area contributed by atoms with Gasteiger partial charge in [-0.15, -0.1) is 0 Å². The van der Waals surface area contributed by atoms with Crippen molar-refractivity contribution in [2.75, 3.05) is 6.54 Å². The van der Waals surface area contributed by atoms with Crippen LogP contribution in [0.2, 0.25) is 0 Å². The minimum absolute atomic E-state index is 0.353. The van der Waals surface area contributed by atoms with Crippen molar-refractivity contribution >= 4 is 0 Å². The lowest BCUT2D eigenvalue weighted by atomic mass is 9.99. The summed E-state index contributed by atoms with van der Waals surface area (Å²) >= 11 is 0. The van der Waals surface area contributed by atoms with Gasteiger partial charge in [-0.05, 0) is 53.9 Å². The Morgan fingerprint density at radius 3 is 2.50 bits per heavy atom. The van der Waals surface area contributed by atoms with Crippen LogP contribution in [0.1, 0.15) is 22.3 Å². The van der Waals surface area contributed by atoms with Gasteiger partial charge in [0.15, 0.2) is 0 Å². The first-order chi connectivity index (χ1) is 10.5. The molecule has 0 aliphatic carbocycles. The molecule has 2 nitrogen and oxygen atoms in total. The first-order valence-corrected chi connectivity index (χ1v) is 7.14. The van der Waals surface area contributed by atoms with Crippen molar-refractivity contribution in [3.8, 4) is 5.75 Å². The summed E-state index contributed by atoms with van der Waals surface area (Å²) in [6, 6.07) is 11.0. The van der Waals surface area contributed by atoms with Gasteiger partial charge in [-0.1, -0.05) is 18.2 Å². The second kappa shape index (κ2) is 6.01. The second-order valence-corrected chi connectivity index (χ2v) is 5.34. The standard InChI is InChI=1S/C17H16F3NO/c18-17(19,20)15-3-5-16(6-4-15)22-11-12-1-2-14-10-21-8-7-13(14)9-12/h1-6,9,21H,7-8,10-11H2. The predicted octanol–water partition coefficient (Wildman–Crippen LogP) is 3.93. The molecule has 1 heterocycles. The van der Waals surface area contributed by atoms with Gasteiger partial charge in [-0.25, -0.2) is 0 Å². The molecule has 0 spiro atoms. The minimum Gasteiger partial charge on any atom is -0.489 e. The molecule has 116 valence electrons. The van der Waals surface area contributed by atoms with Crippen LogP contribution in [0, 0.1) is 0 Å². The highest BCUT2D eigenvalue weighted by Crippen LogP contribution is 2.30. The fraction of sp³-hybridized carbons (Fsp3) is 0.294. The summed E-state index contributed by atoms with van der Waals surface area (Å²) in [6.07, 6.45) is -3.32. The monoisotopic (exact) mass is 307 g/mol. The number of halogens is 3. The summed E-state index contributed by atoms with van der Waals surface area (Å²) in [4.78, 5) is 0. The average Bonchev–Trinajstić information content (AvgIpc) is 2.52. The van der Waals surface area contributed by atoms with Crippen molar-refractivity contribution < 1.29 is 17.9 Å². The predicted molar refractivity (Wildman–Crippen MR) is 77.6 cm³/mol. The van der Waals surface area contributed by atoms with E-state index in [1.165, 1.54) is 23.3 Å². The Kier molecular flexibility index (Phi) is 4.07. The zero-order valence-corrected chi connectivity index (χ0v) is 11.9. The number of hydrogen-bond donors (Lipinski definition) is 1. The van der Waals surface area contributed by atoms with E-state index in [0.29, 0.717) is 12.4 Å². The molecule has 0 amide bonds. The molecule has 0 bridgehead atoms. The molecule has 0 saturated carbocycles. The Balaban J connectivity index is 1.65. The lowest BCUT2D eigenvalue weighted by molar-refractivity contribution is -0.137. The maximum atomic E-state index is 12.5. The first kappa shape index (κ1) is 14.9. The second-order valence-electron chi connectivity index (χ2n) is 5.34. The molecule has 0 aromatic heterocycles. The number of hydrogen-bond acceptors (Lipinski definition) is 2. The largest absolute Gasteiger partial charge is 0.489 e. The van der Waals surface area contributed by atoms with Gasteiger partial charge >= 0.3 is 6.18 Å². The van der Waals surface area contributed by atoms with Crippen LogP contribution in [0.3, 0.4) is 0 Å². The molecule has 1 N–H and O–H groups in total. The van der Waals surface area contributed by atoms with Crippen LogP contribution in [0.25, 0.3) is 0 Å². The number of rotatable bonds is 3. The van der Waals surface area contributed by atoms with Gasteiger partial charge in [0.1, 0.15) is 12.4 Å². The summed E-state index contributed by atoms with van der Waals surface area (Å²) < 4.78 is 43.0. The fourth-order valence-corrected chi connectivity index (χ4v) is 2.53. The van der Waals surface area contributed by atoms with Gasteiger partial charge in [0.25, 0.3) is 0 Å². The maximum Gasteiger partial charge on any atom is 0.416 e. The number of nitrogens with one attached hydrogen (secondary N) is 1. The highest BCUT2D eigenvalue weighted by Gasteiger charge is 2.30. The quantitative estimate of drug-likeness (QED) is 0.927. The van der Waals surface area contributed by atoms with Crippen LogP contribution in [0.5, 0.6) is 5.75 Å². The SMILES string of the molecule is FC(F)(F)c1ccc(OCc2ccc3c(c2)CCNC3)cc1.